The Kier molecular flexibility index (Phi) is 6.74. The van der Waals surface area contributed by atoms with Crippen molar-refractivity contribution in [3.8, 4) is 0 Å². The van der Waals surface area contributed by atoms with Crippen LogP contribution in [0.2, 0.25) is 0 Å². The Labute approximate surface area is 171 Å². The van der Waals surface area contributed by atoms with Crippen molar-refractivity contribution in [2.24, 2.45) is 5.92 Å². The van der Waals surface area contributed by atoms with Crippen LogP contribution >= 0.6 is 0 Å². The SMILES string of the molecule is CC(C)CC(NS(=O)(=O)c1ccc2[nH]c(=O)ccc2c1)C(=O)NC1CCCCC1. The van der Waals surface area contributed by atoms with E-state index in [1.165, 1.54) is 24.6 Å². The van der Waals surface area contributed by atoms with Gasteiger partial charge in [0.05, 0.1) is 4.90 Å². The Morgan fingerprint density at radius 1 is 1.14 bits per heavy atom. The van der Waals surface area contributed by atoms with Crippen LogP contribution in [0.3, 0.4) is 0 Å². The molecule has 8 heteroatoms. The summed E-state index contributed by atoms with van der Waals surface area (Å²) in [6, 6.07) is 6.72. The molecule has 2 aromatic rings. The third kappa shape index (κ3) is 5.67. The van der Waals surface area contributed by atoms with Crippen LogP contribution in [-0.4, -0.2) is 31.4 Å². The average molecular weight is 420 g/mol. The second-order valence-corrected chi connectivity index (χ2v) is 9.93. The first-order valence-corrected chi connectivity index (χ1v) is 11.7. The number of carbonyl (C=O) groups is 1. The van der Waals surface area contributed by atoms with Crippen molar-refractivity contribution in [1.82, 2.24) is 15.0 Å². The zero-order valence-electron chi connectivity index (χ0n) is 16.9. The van der Waals surface area contributed by atoms with Crippen LogP contribution in [0, 0.1) is 5.92 Å². The Morgan fingerprint density at radius 3 is 2.55 bits per heavy atom. The summed E-state index contributed by atoms with van der Waals surface area (Å²) in [5.41, 5.74) is 0.313. The number of aromatic nitrogens is 1. The van der Waals surface area contributed by atoms with Gasteiger partial charge in [0.1, 0.15) is 6.04 Å². The van der Waals surface area contributed by atoms with Gasteiger partial charge in [0.25, 0.3) is 0 Å². The predicted molar refractivity (Wildman–Crippen MR) is 113 cm³/mol. The predicted octanol–water partition coefficient (Wildman–Crippen LogP) is 2.67. The minimum absolute atomic E-state index is 0.0660. The zero-order valence-corrected chi connectivity index (χ0v) is 17.7. The molecule has 3 rings (SSSR count). The van der Waals surface area contributed by atoms with Crippen LogP contribution in [0.4, 0.5) is 0 Å². The summed E-state index contributed by atoms with van der Waals surface area (Å²) in [6.45, 7) is 3.92. The van der Waals surface area contributed by atoms with Crippen molar-refractivity contribution >= 4 is 26.8 Å². The molecule has 1 atom stereocenters. The standard InChI is InChI=1S/C21H29N3O4S/c1-14(2)12-19(21(26)22-16-6-4-3-5-7-16)24-29(27,28)17-9-10-18-15(13-17)8-11-20(25)23-18/h8-11,13-14,16,19,24H,3-7,12H2,1-2H3,(H,22,26)(H,23,25). The van der Waals surface area contributed by atoms with Gasteiger partial charge in [-0.15, -0.1) is 0 Å². The van der Waals surface area contributed by atoms with Gasteiger partial charge in [0.2, 0.25) is 21.5 Å². The van der Waals surface area contributed by atoms with E-state index in [0.717, 1.165) is 25.7 Å². The van der Waals surface area contributed by atoms with E-state index in [4.69, 9.17) is 0 Å². The van der Waals surface area contributed by atoms with E-state index in [1.54, 1.807) is 12.1 Å². The Hall–Kier alpha value is -2.19. The van der Waals surface area contributed by atoms with E-state index in [2.05, 4.69) is 15.0 Å². The molecular formula is C21H29N3O4S. The molecule has 158 valence electrons. The first-order valence-electron chi connectivity index (χ1n) is 10.2. The monoisotopic (exact) mass is 419 g/mol. The largest absolute Gasteiger partial charge is 0.352 e. The zero-order chi connectivity index (χ0) is 21.0. The molecule has 1 aromatic heterocycles. The molecule has 1 fully saturated rings. The van der Waals surface area contributed by atoms with Crippen molar-refractivity contribution in [2.45, 2.75) is 69.4 Å². The van der Waals surface area contributed by atoms with Gasteiger partial charge in [-0.2, -0.15) is 4.72 Å². The van der Waals surface area contributed by atoms with Crippen molar-refractivity contribution in [1.29, 1.82) is 0 Å². The summed E-state index contributed by atoms with van der Waals surface area (Å²) in [5, 5.41) is 3.64. The molecule has 1 unspecified atom stereocenters. The molecule has 0 saturated heterocycles. The molecule has 0 aliphatic heterocycles. The van der Waals surface area contributed by atoms with E-state index < -0.39 is 16.1 Å². The molecule has 0 spiro atoms. The normalized spacial score (nSPS) is 16.8. The number of carbonyl (C=O) groups excluding carboxylic acids is 1. The summed E-state index contributed by atoms with van der Waals surface area (Å²) in [5.74, 6) is -0.110. The molecule has 1 saturated carbocycles. The highest BCUT2D eigenvalue weighted by Crippen LogP contribution is 2.20. The fourth-order valence-electron chi connectivity index (χ4n) is 3.78. The van der Waals surface area contributed by atoms with Crippen LogP contribution < -0.4 is 15.6 Å². The van der Waals surface area contributed by atoms with Gasteiger partial charge in [-0.25, -0.2) is 8.42 Å². The number of nitrogens with one attached hydrogen (secondary N) is 3. The van der Waals surface area contributed by atoms with Crippen molar-refractivity contribution in [3.63, 3.8) is 0 Å². The summed E-state index contributed by atoms with van der Waals surface area (Å²) in [4.78, 5) is 27.0. The minimum atomic E-state index is -3.90. The van der Waals surface area contributed by atoms with E-state index in [9.17, 15) is 18.0 Å². The summed E-state index contributed by atoms with van der Waals surface area (Å²) < 4.78 is 28.5. The number of fused-ring (bicyclic) bond motifs is 1. The third-order valence-corrected chi connectivity index (χ3v) is 6.75. The number of rotatable bonds is 7. The average Bonchev–Trinajstić information content (AvgIpc) is 2.67. The number of aromatic amines is 1. The topological polar surface area (TPSA) is 108 Å². The highest BCUT2D eigenvalue weighted by atomic mass is 32.2. The smallest absolute Gasteiger partial charge is 0.248 e. The third-order valence-electron chi connectivity index (χ3n) is 5.28. The summed E-state index contributed by atoms with van der Waals surface area (Å²) >= 11 is 0. The van der Waals surface area contributed by atoms with Gasteiger partial charge in [-0.3, -0.25) is 9.59 Å². The summed E-state index contributed by atoms with van der Waals surface area (Å²) in [7, 11) is -3.90. The first-order chi connectivity index (χ1) is 13.7. The maximum Gasteiger partial charge on any atom is 0.248 e. The lowest BCUT2D eigenvalue weighted by atomic mass is 9.95. The van der Waals surface area contributed by atoms with Gasteiger partial charge in [-0.05, 0) is 54.8 Å². The molecule has 3 N–H and O–H groups in total. The van der Waals surface area contributed by atoms with Crippen LogP contribution in [0.25, 0.3) is 10.9 Å². The Morgan fingerprint density at radius 2 is 1.86 bits per heavy atom. The molecule has 0 radical (unpaired) electrons. The van der Waals surface area contributed by atoms with Crippen molar-refractivity contribution < 1.29 is 13.2 Å². The molecule has 1 aliphatic carbocycles. The fourth-order valence-corrected chi connectivity index (χ4v) is 5.03. The molecule has 1 amide bonds. The number of H-pyrrole nitrogens is 1. The molecule has 1 aliphatic rings. The van der Waals surface area contributed by atoms with E-state index >= 15 is 0 Å². The number of sulfonamides is 1. The second-order valence-electron chi connectivity index (χ2n) is 8.22. The van der Waals surface area contributed by atoms with Gasteiger partial charge >= 0.3 is 0 Å². The highest BCUT2D eigenvalue weighted by molar-refractivity contribution is 7.89. The van der Waals surface area contributed by atoms with Crippen LogP contribution in [-0.2, 0) is 14.8 Å². The molecule has 0 bridgehead atoms. The van der Waals surface area contributed by atoms with Crippen molar-refractivity contribution in [3.05, 3.63) is 40.7 Å². The number of amides is 1. The number of hydrogen-bond acceptors (Lipinski definition) is 4. The fraction of sp³-hybridized carbons (Fsp3) is 0.524. The lowest BCUT2D eigenvalue weighted by molar-refractivity contribution is -0.124. The van der Waals surface area contributed by atoms with Gasteiger partial charge in [0.15, 0.2) is 0 Å². The second kappa shape index (κ2) is 9.09. The van der Waals surface area contributed by atoms with Crippen LogP contribution in [0.15, 0.2) is 40.0 Å². The van der Waals surface area contributed by atoms with Gasteiger partial charge in [-0.1, -0.05) is 33.1 Å². The number of pyridine rings is 1. The van der Waals surface area contributed by atoms with Gasteiger partial charge in [0, 0.05) is 17.6 Å². The minimum Gasteiger partial charge on any atom is -0.352 e. The summed E-state index contributed by atoms with van der Waals surface area (Å²) in [6.07, 6.45) is 5.65. The first kappa shape index (κ1) is 21.5. The lowest BCUT2D eigenvalue weighted by Gasteiger charge is -2.26. The number of benzene rings is 1. The molecule has 7 nitrogen and oxygen atoms in total. The Bertz CT molecular complexity index is 1020. The quantitative estimate of drug-likeness (QED) is 0.641. The molecule has 1 heterocycles. The molecule has 1 aromatic carbocycles. The number of hydrogen-bond donors (Lipinski definition) is 3. The van der Waals surface area contributed by atoms with Crippen LogP contribution in [0.5, 0.6) is 0 Å². The molecule has 29 heavy (non-hydrogen) atoms. The van der Waals surface area contributed by atoms with Gasteiger partial charge < -0.3 is 10.3 Å². The Balaban J connectivity index is 1.80. The molecular weight excluding hydrogens is 390 g/mol. The highest BCUT2D eigenvalue weighted by Gasteiger charge is 2.28. The van der Waals surface area contributed by atoms with Crippen molar-refractivity contribution in [2.75, 3.05) is 0 Å². The van der Waals surface area contributed by atoms with Crippen LogP contribution in [0.1, 0.15) is 52.4 Å². The van der Waals surface area contributed by atoms with E-state index in [0.29, 0.717) is 17.3 Å². The maximum absolute atomic E-state index is 13.0. The lowest BCUT2D eigenvalue weighted by Crippen LogP contribution is -2.50. The van der Waals surface area contributed by atoms with E-state index in [1.807, 2.05) is 13.8 Å². The van der Waals surface area contributed by atoms with E-state index in [-0.39, 0.29) is 28.3 Å². The maximum atomic E-state index is 13.0.